The lowest BCUT2D eigenvalue weighted by molar-refractivity contribution is 0.197. The molecule has 5 nitrogen and oxygen atoms in total. The van der Waals surface area contributed by atoms with E-state index in [2.05, 4.69) is 16.3 Å². The van der Waals surface area contributed by atoms with Gasteiger partial charge < -0.3 is 20.9 Å². The van der Waals surface area contributed by atoms with Crippen molar-refractivity contribution in [2.75, 3.05) is 36.8 Å². The largest absolute Gasteiger partial charge is 0.399 e. The van der Waals surface area contributed by atoms with Gasteiger partial charge in [0.15, 0.2) is 0 Å². The predicted octanol–water partition coefficient (Wildman–Crippen LogP) is 0.483. The highest BCUT2D eigenvalue weighted by Gasteiger charge is 2.35. The quantitative estimate of drug-likeness (QED) is 0.692. The second-order valence-electron chi connectivity index (χ2n) is 4.57. The summed E-state index contributed by atoms with van der Waals surface area (Å²) in [6, 6.07) is 8.27. The summed E-state index contributed by atoms with van der Waals surface area (Å²) in [5, 5.41) is 2.88. The third-order valence-electron chi connectivity index (χ3n) is 3.47. The number of benzene rings is 1. The van der Waals surface area contributed by atoms with Crippen LogP contribution in [0.1, 0.15) is 0 Å². The number of fused-ring (bicyclic) bond motifs is 1. The summed E-state index contributed by atoms with van der Waals surface area (Å²) in [6.45, 7) is 3.28. The number of hydrogen-bond donors (Lipinski definition) is 2. The molecule has 1 unspecified atom stereocenters. The number of nitrogen functional groups attached to an aromatic ring is 1. The number of piperazine rings is 1. The Bertz CT molecular complexity index is 448. The van der Waals surface area contributed by atoms with E-state index in [1.165, 1.54) is 0 Å². The summed E-state index contributed by atoms with van der Waals surface area (Å²) in [5.41, 5.74) is 7.72. The van der Waals surface area contributed by atoms with E-state index in [1.54, 1.807) is 0 Å². The second kappa shape index (κ2) is 3.84. The van der Waals surface area contributed by atoms with Gasteiger partial charge >= 0.3 is 6.03 Å². The molecule has 2 saturated heterocycles. The minimum atomic E-state index is 0.0715. The van der Waals surface area contributed by atoms with Crippen LogP contribution in [0.4, 0.5) is 16.2 Å². The Morgan fingerprint density at radius 3 is 3.06 bits per heavy atom. The maximum atomic E-state index is 11.5. The molecule has 90 valence electrons. The van der Waals surface area contributed by atoms with E-state index in [1.807, 2.05) is 23.1 Å². The van der Waals surface area contributed by atoms with Gasteiger partial charge in [0, 0.05) is 37.6 Å². The molecule has 0 spiro atoms. The SMILES string of the molecule is Nc1cccc(N2CCN3C(=O)NCC3C2)c1. The number of anilines is 2. The van der Waals surface area contributed by atoms with Crippen molar-refractivity contribution < 1.29 is 4.79 Å². The van der Waals surface area contributed by atoms with Crippen LogP contribution in [-0.4, -0.2) is 43.2 Å². The van der Waals surface area contributed by atoms with Crippen LogP contribution in [-0.2, 0) is 0 Å². The Hall–Kier alpha value is -1.91. The summed E-state index contributed by atoms with van der Waals surface area (Å²) in [5.74, 6) is 0. The number of amides is 2. The lowest BCUT2D eigenvalue weighted by Crippen LogP contribution is -2.52. The maximum absolute atomic E-state index is 11.5. The average molecular weight is 232 g/mol. The molecule has 0 saturated carbocycles. The van der Waals surface area contributed by atoms with Crippen molar-refractivity contribution in [3.05, 3.63) is 24.3 Å². The summed E-state index contributed by atoms with van der Waals surface area (Å²) in [6.07, 6.45) is 0. The van der Waals surface area contributed by atoms with Crippen LogP contribution in [0.15, 0.2) is 24.3 Å². The minimum Gasteiger partial charge on any atom is -0.399 e. The zero-order valence-corrected chi connectivity index (χ0v) is 9.60. The zero-order valence-electron chi connectivity index (χ0n) is 9.60. The second-order valence-corrected chi connectivity index (χ2v) is 4.57. The summed E-state index contributed by atoms with van der Waals surface area (Å²) >= 11 is 0. The van der Waals surface area contributed by atoms with Crippen molar-refractivity contribution >= 4 is 17.4 Å². The number of rotatable bonds is 1. The first-order chi connectivity index (χ1) is 8.24. The van der Waals surface area contributed by atoms with Crippen LogP contribution < -0.4 is 16.0 Å². The van der Waals surface area contributed by atoms with Gasteiger partial charge in [-0.25, -0.2) is 4.79 Å². The fraction of sp³-hybridized carbons (Fsp3) is 0.417. The Labute approximate surface area is 100 Å². The van der Waals surface area contributed by atoms with Gasteiger partial charge in [-0.2, -0.15) is 0 Å². The first-order valence-electron chi connectivity index (χ1n) is 5.89. The fourth-order valence-electron chi connectivity index (χ4n) is 2.56. The van der Waals surface area contributed by atoms with E-state index < -0.39 is 0 Å². The monoisotopic (exact) mass is 232 g/mol. The van der Waals surface area contributed by atoms with Gasteiger partial charge in [-0.3, -0.25) is 0 Å². The van der Waals surface area contributed by atoms with Gasteiger partial charge in [-0.15, -0.1) is 0 Å². The topological polar surface area (TPSA) is 61.6 Å². The molecule has 1 aromatic rings. The number of carbonyl (C=O) groups excluding carboxylic acids is 1. The number of urea groups is 1. The molecule has 3 rings (SSSR count). The lowest BCUT2D eigenvalue weighted by atomic mass is 10.1. The number of carbonyl (C=O) groups is 1. The molecule has 2 fully saturated rings. The standard InChI is InChI=1S/C12H16N4O/c13-9-2-1-3-10(6-9)15-4-5-16-11(8-15)7-14-12(16)17/h1-3,6,11H,4-5,7-8,13H2,(H,14,17). The maximum Gasteiger partial charge on any atom is 0.317 e. The van der Waals surface area contributed by atoms with Crippen LogP contribution in [0, 0.1) is 0 Å². The van der Waals surface area contributed by atoms with Crippen molar-refractivity contribution in [1.82, 2.24) is 10.2 Å². The number of nitrogens with zero attached hydrogens (tertiary/aromatic N) is 2. The molecule has 1 atom stereocenters. The fourth-order valence-corrected chi connectivity index (χ4v) is 2.56. The van der Waals surface area contributed by atoms with Gasteiger partial charge in [0.2, 0.25) is 0 Å². The van der Waals surface area contributed by atoms with Gasteiger partial charge in [-0.05, 0) is 18.2 Å². The van der Waals surface area contributed by atoms with E-state index in [0.29, 0.717) is 0 Å². The van der Waals surface area contributed by atoms with Crippen LogP contribution in [0.25, 0.3) is 0 Å². The molecule has 0 aromatic heterocycles. The van der Waals surface area contributed by atoms with Gasteiger partial charge in [-0.1, -0.05) is 6.07 Å². The molecule has 2 aliphatic heterocycles. The summed E-state index contributed by atoms with van der Waals surface area (Å²) < 4.78 is 0. The van der Waals surface area contributed by atoms with Gasteiger partial charge in [0.05, 0.1) is 6.04 Å². The van der Waals surface area contributed by atoms with E-state index in [0.717, 1.165) is 37.6 Å². The highest BCUT2D eigenvalue weighted by molar-refractivity contribution is 5.77. The van der Waals surface area contributed by atoms with Crippen LogP contribution in [0.3, 0.4) is 0 Å². The molecular weight excluding hydrogens is 216 g/mol. The van der Waals surface area contributed by atoms with E-state index in [9.17, 15) is 4.79 Å². The number of hydrogen-bond acceptors (Lipinski definition) is 3. The lowest BCUT2D eigenvalue weighted by Gasteiger charge is -2.37. The van der Waals surface area contributed by atoms with E-state index in [4.69, 9.17) is 5.73 Å². The van der Waals surface area contributed by atoms with Gasteiger partial charge in [0.1, 0.15) is 0 Å². The Kier molecular flexibility index (Phi) is 2.31. The summed E-state index contributed by atoms with van der Waals surface area (Å²) in [7, 11) is 0. The zero-order chi connectivity index (χ0) is 11.8. The highest BCUT2D eigenvalue weighted by Crippen LogP contribution is 2.22. The smallest absolute Gasteiger partial charge is 0.317 e. The molecular formula is C12H16N4O. The van der Waals surface area contributed by atoms with E-state index >= 15 is 0 Å². The van der Waals surface area contributed by atoms with Crippen molar-refractivity contribution in [2.45, 2.75) is 6.04 Å². The normalized spacial score (nSPS) is 23.5. The highest BCUT2D eigenvalue weighted by atomic mass is 16.2. The average Bonchev–Trinajstić information content (AvgIpc) is 2.71. The van der Waals surface area contributed by atoms with Crippen molar-refractivity contribution in [1.29, 1.82) is 0 Å². The third-order valence-corrected chi connectivity index (χ3v) is 3.47. The number of nitrogens with two attached hydrogens (primary N) is 1. The third kappa shape index (κ3) is 1.77. The van der Waals surface area contributed by atoms with Crippen molar-refractivity contribution in [2.24, 2.45) is 0 Å². The molecule has 2 heterocycles. The molecule has 3 N–H and O–H groups in total. The minimum absolute atomic E-state index is 0.0715. The molecule has 5 heteroatoms. The molecule has 0 aliphatic carbocycles. The summed E-state index contributed by atoms with van der Waals surface area (Å²) in [4.78, 5) is 15.7. The first kappa shape index (κ1) is 10.3. The molecule has 0 bridgehead atoms. The first-order valence-corrected chi connectivity index (χ1v) is 5.89. The van der Waals surface area contributed by atoms with Crippen molar-refractivity contribution in [3.8, 4) is 0 Å². The van der Waals surface area contributed by atoms with Crippen molar-refractivity contribution in [3.63, 3.8) is 0 Å². The van der Waals surface area contributed by atoms with E-state index in [-0.39, 0.29) is 12.1 Å². The molecule has 1 aromatic carbocycles. The molecule has 2 aliphatic rings. The van der Waals surface area contributed by atoms with Crippen LogP contribution in [0.2, 0.25) is 0 Å². The molecule has 17 heavy (non-hydrogen) atoms. The predicted molar refractivity (Wildman–Crippen MR) is 67.0 cm³/mol. The molecule has 0 radical (unpaired) electrons. The number of nitrogens with one attached hydrogen (secondary N) is 1. The van der Waals surface area contributed by atoms with Crippen LogP contribution >= 0.6 is 0 Å². The Balaban J connectivity index is 1.77. The Morgan fingerprint density at radius 1 is 1.35 bits per heavy atom. The molecule has 2 amide bonds. The van der Waals surface area contributed by atoms with Gasteiger partial charge in [0.25, 0.3) is 0 Å². The Morgan fingerprint density at radius 2 is 2.24 bits per heavy atom. The van der Waals surface area contributed by atoms with Crippen LogP contribution in [0.5, 0.6) is 0 Å².